The van der Waals surface area contributed by atoms with Crippen molar-refractivity contribution in [1.82, 2.24) is 4.67 Å². The van der Waals surface area contributed by atoms with Gasteiger partial charge in [-0.15, -0.1) is 10.5 Å². The number of thioether (sulfide) groups is 1. The number of nitrogens with zero attached hydrogens (tertiary/aromatic N) is 1. The summed E-state index contributed by atoms with van der Waals surface area (Å²) in [6.07, 6.45) is 6.97. The first kappa shape index (κ1) is 20.8. The van der Waals surface area contributed by atoms with Gasteiger partial charge < -0.3 is 0 Å². The Morgan fingerprint density at radius 1 is 0.862 bits per heavy atom. The van der Waals surface area contributed by atoms with Crippen LogP contribution in [0.3, 0.4) is 0 Å². The van der Waals surface area contributed by atoms with E-state index in [2.05, 4.69) is 109 Å². The highest BCUT2D eigenvalue weighted by Crippen LogP contribution is 2.46. The van der Waals surface area contributed by atoms with Crippen LogP contribution in [0.2, 0.25) is 0 Å². The molecule has 0 bridgehead atoms. The summed E-state index contributed by atoms with van der Waals surface area (Å²) in [5.41, 5.74) is 1.49. The first-order chi connectivity index (χ1) is 14.2. The number of hydrogen-bond donors (Lipinski definition) is 0. The molecule has 0 saturated heterocycles. The SMILES string of the molecule is C[C@@H]([c-]1cccc1SC1CCCCC1)N(C)P(c1ccccc1)c1ccccc1. The van der Waals surface area contributed by atoms with Gasteiger partial charge in [0.2, 0.25) is 0 Å². The molecule has 0 aliphatic heterocycles. The molecular formula is C26H31NPS-. The molecule has 3 aromatic carbocycles. The molecule has 0 amide bonds. The van der Waals surface area contributed by atoms with Gasteiger partial charge in [0.1, 0.15) is 0 Å². The van der Waals surface area contributed by atoms with Crippen LogP contribution in [0.15, 0.2) is 83.8 Å². The van der Waals surface area contributed by atoms with E-state index in [0.717, 1.165) is 5.25 Å². The van der Waals surface area contributed by atoms with E-state index in [1.807, 2.05) is 0 Å². The third-order valence-corrected chi connectivity index (χ3v) is 9.96. The first-order valence-corrected chi connectivity index (χ1v) is 13.0. The van der Waals surface area contributed by atoms with E-state index in [0.29, 0.717) is 6.04 Å². The molecule has 1 nitrogen and oxygen atoms in total. The van der Waals surface area contributed by atoms with Crippen molar-refractivity contribution in [2.24, 2.45) is 0 Å². The highest BCUT2D eigenvalue weighted by atomic mass is 32.2. The van der Waals surface area contributed by atoms with Gasteiger partial charge in [0.05, 0.1) is 0 Å². The fourth-order valence-electron chi connectivity index (χ4n) is 4.26. The Morgan fingerprint density at radius 2 is 1.45 bits per heavy atom. The predicted molar refractivity (Wildman–Crippen MR) is 130 cm³/mol. The quantitative estimate of drug-likeness (QED) is 0.303. The minimum Gasteiger partial charge on any atom is -0.282 e. The Bertz CT molecular complexity index is 830. The minimum absolute atomic E-state index is 0.377. The summed E-state index contributed by atoms with van der Waals surface area (Å²) in [7, 11) is 1.74. The van der Waals surface area contributed by atoms with Crippen molar-refractivity contribution in [3.05, 3.63) is 84.4 Å². The molecule has 0 unspecified atom stereocenters. The maximum Gasteiger partial charge on any atom is 0.0274 e. The van der Waals surface area contributed by atoms with Gasteiger partial charge in [0.25, 0.3) is 0 Å². The van der Waals surface area contributed by atoms with Crippen LogP contribution in [0, 0.1) is 0 Å². The van der Waals surface area contributed by atoms with Crippen molar-refractivity contribution in [3.63, 3.8) is 0 Å². The van der Waals surface area contributed by atoms with Crippen molar-refractivity contribution < 1.29 is 0 Å². The average molecular weight is 421 g/mol. The smallest absolute Gasteiger partial charge is 0.0274 e. The summed E-state index contributed by atoms with van der Waals surface area (Å²) < 4.78 is 2.60. The average Bonchev–Trinajstić information content (AvgIpc) is 3.23. The van der Waals surface area contributed by atoms with E-state index >= 15 is 0 Å². The van der Waals surface area contributed by atoms with Crippen LogP contribution in [0.5, 0.6) is 0 Å². The molecule has 29 heavy (non-hydrogen) atoms. The zero-order valence-corrected chi connectivity index (χ0v) is 19.2. The number of rotatable bonds is 7. The number of hydrogen-bond acceptors (Lipinski definition) is 2. The monoisotopic (exact) mass is 420 g/mol. The second-order valence-corrected chi connectivity index (χ2v) is 11.6. The minimum atomic E-state index is -0.564. The van der Waals surface area contributed by atoms with Gasteiger partial charge in [-0.25, -0.2) is 6.07 Å². The molecule has 0 heterocycles. The molecule has 1 atom stereocenters. The van der Waals surface area contributed by atoms with Gasteiger partial charge in [-0.3, -0.25) is 4.67 Å². The van der Waals surface area contributed by atoms with Crippen LogP contribution in [0.25, 0.3) is 0 Å². The van der Waals surface area contributed by atoms with Crippen molar-refractivity contribution in [2.75, 3.05) is 7.05 Å². The number of benzene rings is 2. The van der Waals surface area contributed by atoms with Crippen LogP contribution < -0.4 is 10.6 Å². The lowest BCUT2D eigenvalue weighted by Gasteiger charge is -2.37. The Kier molecular flexibility index (Phi) is 7.19. The molecule has 3 aromatic rings. The van der Waals surface area contributed by atoms with Gasteiger partial charge in [0.15, 0.2) is 0 Å². The van der Waals surface area contributed by atoms with E-state index in [4.69, 9.17) is 0 Å². The summed E-state index contributed by atoms with van der Waals surface area (Å²) in [6, 6.07) is 29.3. The van der Waals surface area contributed by atoms with E-state index < -0.39 is 8.07 Å². The van der Waals surface area contributed by atoms with Crippen molar-refractivity contribution in [2.45, 2.75) is 55.2 Å². The lowest BCUT2D eigenvalue weighted by atomic mass is 10.0. The summed E-state index contributed by atoms with van der Waals surface area (Å²) in [6.45, 7) is 2.38. The fourth-order valence-corrected chi connectivity index (χ4v) is 8.13. The molecule has 0 radical (unpaired) electrons. The second-order valence-electron chi connectivity index (χ2n) is 7.96. The maximum atomic E-state index is 2.60. The molecule has 152 valence electrons. The van der Waals surface area contributed by atoms with Crippen molar-refractivity contribution >= 4 is 30.4 Å². The summed E-state index contributed by atoms with van der Waals surface area (Å²) in [5, 5.41) is 3.62. The largest absolute Gasteiger partial charge is 0.282 e. The van der Waals surface area contributed by atoms with Gasteiger partial charge in [0, 0.05) is 13.3 Å². The molecule has 1 fully saturated rings. The summed E-state index contributed by atoms with van der Waals surface area (Å²) in [4.78, 5) is 1.49. The summed E-state index contributed by atoms with van der Waals surface area (Å²) >= 11 is 2.13. The molecule has 0 N–H and O–H groups in total. The van der Waals surface area contributed by atoms with Gasteiger partial charge >= 0.3 is 0 Å². The topological polar surface area (TPSA) is 3.24 Å². The molecule has 1 aliphatic carbocycles. The van der Waals surface area contributed by atoms with Crippen LogP contribution in [0.1, 0.15) is 50.6 Å². The normalized spacial score (nSPS) is 16.4. The molecule has 4 rings (SSSR count). The van der Waals surface area contributed by atoms with Crippen LogP contribution in [-0.2, 0) is 0 Å². The highest BCUT2D eigenvalue weighted by molar-refractivity contribution is 8.00. The van der Waals surface area contributed by atoms with Gasteiger partial charge in [-0.1, -0.05) is 86.8 Å². The third kappa shape index (κ3) is 5.00. The van der Waals surface area contributed by atoms with Crippen molar-refractivity contribution in [3.8, 4) is 0 Å². The second kappa shape index (κ2) is 10.0. The van der Waals surface area contributed by atoms with Gasteiger partial charge in [-0.05, 0) is 36.5 Å². The zero-order valence-electron chi connectivity index (χ0n) is 17.5. The lowest BCUT2D eigenvalue weighted by Crippen LogP contribution is -2.28. The Labute approximate surface area is 181 Å². The third-order valence-electron chi connectivity index (χ3n) is 5.98. The summed E-state index contributed by atoms with van der Waals surface area (Å²) in [5.74, 6) is 0. The zero-order chi connectivity index (χ0) is 20.1. The molecule has 3 heteroatoms. The Hall–Kier alpha value is -1.47. The standard InChI is InChI=1S/C26H31NPS/c1-21(25-19-12-20-26(25)29-24-17-10-5-11-18-24)27(2)28(22-13-6-3-7-14-22)23-15-8-4-9-16-23/h3-4,6-9,12-16,19-21,24H,5,10-11,17-18H2,1-2H3/q-1/t21-/m0/s1. The molecule has 0 spiro atoms. The van der Waals surface area contributed by atoms with E-state index in [1.165, 1.54) is 53.2 Å². The van der Waals surface area contributed by atoms with E-state index in [9.17, 15) is 0 Å². The molecule has 1 aliphatic rings. The molecule has 0 aromatic heterocycles. The molecule has 1 saturated carbocycles. The Balaban J connectivity index is 1.60. The van der Waals surface area contributed by atoms with Crippen LogP contribution >= 0.6 is 19.8 Å². The van der Waals surface area contributed by atoms with Crippen LogP contribution in [-0.4, -0.2) is 17.0 Å². The highest BCUT2D eigenvalue weighted by Gasteiger charge is 2.24. The predicted octanol–water partition coefficient (Wildman–Crippen LogP) is 6.87. The van der Waals surface area contributed by atoms with Gasteiger partial charge in [-0.2, -0.15) is 23.9 Å². The van der Waals surface area contributed by atoms with E-state index in [-0.39, 0.29) is 0 Å². The lowest BCUT2D eigenvalue weighted by molar-refractivity contribution is 0.439. The molecular weight excluding hydrogens is 389 g/mol. The fraction of sp³-hybridized carbons (Fsp3) is 0.346. The van der Waals surface area contributed by atoms with Crippen molar-refractivity contribution in [1.29, 1.82) is 0 Å². The maximum absolute atomic E-state index is 2.60. The van der Waals surface area contributed by atoms with Crippen LogP contribution in [0.4, 0.5) is 0 Å². The van der Waals surface area contributed by atoms with E-state index in [1.54, 1.807) is 0 Å². The first-order valence-electron chi connectivity index (χ1n) is 10.8. The Morgan fingerprint density at radius 3 is 2.03 bits per heavy atom.